The highest BCUT2D eigenvalue weighted by atomic mass is 32.1. The number of ether oxygens (including phenoxy) is 1. The van der Waals surface area contributed by atoms with Crippen molar-refractivity contribution in [2.45, 2.75) is 25.8 Å². The number of nitrogens with zero attached hydrogens (tertiary/aromatic N) is 3. The molecular formula is C17H25N3O3S. The zero-order valence-corrected chi connectivity index (χ0v) is 15.0. The molecule has 2 aliphatic heterocycles. The maximum Gasteiger partial charge on any atom is 0.409 e. The van der Waals surface area contributed by atoms with Crippen LogP contribution < -0.4 is 0 Å². The normalized spacial score (nSPS) is 22.5. The van der Waals surface area contributed by atoms with Crippen LogP contribution in [0.2, 0.25) is 0 Å². The summed E-state index contributed by atoms with van der Waals surface area (Å²) in [5, 5.41) is 3.87. The largest absolute Gasteiger partial charge is 0.450 e. The number of hydrogen-bond acceptors (Lipinski definition) is 5. The molecule has 0 spiro atoms. The van der Waals surface area contributed by atoms with E-state index in [1.807, 2.05) is 28.7 Å². The second-order valence-electron chi connectivity index (χ2n) is 6.28. The van der Waals surface area contributed by atoms with Gasteiger partial charge in [0.1, 0.15) is 0 Å². The lowest BCUT2D eigenvalue weighted by Crippen LogP contribution is -2.56. The Hall–Kier alpha value is -1.60. The van der Waals surface area contributed by atoms with Crippen LogP contribution in [0.25, 0.3) is 0 Å². The van der Waals surface area contributed by atoms with E-state index in [-0.39, 0.29) is 12.0 Å². The minimum absolute atomic E-state index is 0.145. The molecule has 7 heteroatoms. The summed E-state index contributed by atoms with van der Waals surface area (Å²) in [6.07, 6.45) is 1.95. The molecule has 0 radical (unpaired) electrons. The molecule has 24 heavy (non-hydrogen) atoms. The van der Waals surface area contributed by atoms with Gasteiger partial charge in [-0.1, -0.05) is 0 Å². The van der Waals surface area contributed by atoms with Crippen molar-refractivity contribution in [2.75, 3.05) is 45.9 Å². The molecule has 132 valence electrons. The third kappa shape index (κ3) is 3.89. The molecule has 3 heterocycles. The van der Waals surface area contributed by atoms with Crippen molar-refractivity contribution >= 4 is 23.3 Å². The van der Waals surface area contributed by atoms with Gasteiger partial charge < -0.3 is 14.5 Å². The molecular weight excluding hydrogens is 326 g/mol. The number of thiophene rings is 1. The van der Waals surface area contributed by atoms with Gasteiger partial charge in [-0.15, -0.1) is 0 Å². The molecule has 3 rings (SSSR count). The lowest BCUT2D eigenvalue weighted by atomic mass is 10.0. The fourth-order valence-electron chi connectivity index (χ4n) is 3.49. The molecule has 2 saturated heterocycles. The van der Waals surface area contributed by atoms with Crippen molar-refractivity contribution in [2.24, 2.45) is 0 Å². The van der Waals surface area contributed by atoms with Gasteiger partial charge in [-0.05, 0) is 31.2 Å². The smallest absolute Gasteiger partial charge is 0.409 e. The van der Waals surface area contributed by atoms with Crippen molar-refractivity contribution < 1.29 is 14.3 Å². The first-order valence-electron chi connectivity index (χ1n) is 8.66. The van der Waals surface area contributed by atoms with Gasteiger partial charge in [0.05, 0.1) is 12.2 Å². The third-order valence-corrected chi connectivity index (χ3v) is 5.49. The molecule has 1 aromatic rings. The summed E-state index contributed by atoms with van der Waals surface area (Å²) in [6.45, 7) is 6.98. The van der Waals surface area contributed by atoms with E-state index in [1.54, 1.807) is 16.2 Å². The summed E-state index contributed by atoms with van der Waals surface area (Å²) in [5.41, 5.74) is 0.799. The standard InChI is InChI=1S/C17H25N3O3S/c1-2-23-17(22)19-9-7-18(8-10-19)15-4-3-6-20(12-15)16(21)14-5-11-24-13-14/h5,11,13,15H,2-4,6-10,12H2,1H3. The number of likely N-dealkylation sites (tertiary alicyclic amines) is 1. The van der Waals surface area contributed by atoms with Crippen LogP contribution in [0.1, 0.15) is 30.1 Å². The summed E-state index contributed by atoms with van der Waals surface area (Å²) in [4.78, 5) is 30.5. The highest BCUT2D eigenvalue weighted by Gasteiger charge is 2.31. The van der Waals surface area contributed by atoms with E-state index in [1.165, 1.54) is 0 Å². The maximum absolute atomic E-state index is 12.5. The number of piperazine rings is 1. The van der Waals surface area contributed by atoms with Crippen LogP contribution in [0.3, 0.4) is 0 Å². The predicted octanol–water partition coefficient (Wildman–Crippen LogP) is 2.13. The lowest BCUT2D eigenvalue weighted by molar-refractivity contribution is 0.0378. The minimum Gasteiger partial charge on any atom is -0.450 e. The molecule has 0 aliphatic carbocycles. The van der Waals surface area contributed by atoms with E-state index in [0.717, 1.165) is 44.6 Å². The van der Waals surface area contributed by atoms with Gasteiger partial charge in [0.2, 0.25) is 0 Å². The second-order valence-corrected chi connectivity index (χ2v) is 7.06. The first-order chi connectivity index (χ1) is 11.7. The highest BCUT2D eigenvalue weighted by molar-refractivity contribution is 7.08. The van der Waals surface area contributed by atoms with Crippen LogP contribution >= 0.6 is 11.3 Å². The molecule has 0 bridgehead atoms. The van der Waals surface area contributed by atoms with Crippen LogP contribution in [-0.4, -0.2) is 78.6 Å². The monoisotopic (exact) mass is 351 g/mol. The highest BCUT2D eigenvalue weighted by Crippen LogP contribution is 2.20. The molecule has 2 fully saturated rings. The Balaban J connectivity index is 1.52. The van der Waals surface area contributed by atoms with Crippen molar-refractivity contribution in [3.05, 3.63) is 22.4 Å². The van der Waals surface area contributed by atoms with E-state index in [4.69, 9.17) is 4.74 Å². The van der Waals surface area contributed by atoms with E-state index in [0.29, 0.717) is 25.7 Å². The number of piperidine rings is 1. The van der Waals surface area contributed by atoms with Crippen molar-refractivity contribution in [1.29, 1.82) is 0 Å². The number of carbonyl (C=O) groups excluding carboxylic acids is 2. The summed E-state index contributed by atoms with van der Waals surface area (Å²) < 4.78 is 5.07. The van der Waals surface area contributed by atoms with Crippen LogP contribution in [0.5, 0.6) is 0 Å². The quantitative estimate of drug-likeness (QED) is 0.837. The number of rotatable bonds is 3. The Labute approximate surface area is 147 Å². The van der Waals surface area contributed by atoms with Crippen molar-refractivity contribution in [3.63, 3.8) is 0 Å². The summed E-state index contributed by atoms with van der Waals surface area (Å²) in [7, 11) is 0. The Morgan fingerprint density at radius 3 is 2.67 bits per heavy atom. The van der Waals surface area contributed by atoms with Gasteiger partial charge in [-0.25, -0.2) is 4.79 Å². The molecule has 0 N–H and O–H groups in total. The van der Waals surface area contributed by atoms with Crippen LogP contribution in [-0.2, 0) is 4.74 Å². The maximum atomic E-state index is 12.5. The summed E-state index contributed by atoms with van der Waals surface area (Å²) in [5.74, 6) is 0.145. The average Bonchev–Trinajstić information content (AvgIpc) is 3.16. The Bertz CT molecular complexity index is 555. The van der Waals surface area contributed by atoms with Gasteiger partial charge in [-0.3, -0.25) is 9.69 Å². The minimum atomic E-state index is -0.213. The molecule has 1 atom stereocenters. The van der Waals surface area contributed by atoms with Gasteiger partial charge >= 0.3 is 6.09 Å². The lowest BCUT2D eigenvalue weighted by Gasteiger charge is -2.43. The van der Waals surface area contributed by atoms with Crippen LogP contribution in [0.4, 0.5) is 4.79 Å². The SMILES string of the molecule is CCOC(=O)N1CCN(C2CCCN(C(=O)c3ccsc3)C2)CC1. The molecule has 2 aliphatic rings. The predicted molar refractivity (Wildman–Crippen MR) is 93.4 cm³/mol. The Morgan fingerprint density at radius 1 is 1.21 bits per heavy atom. The average molecular weight is 351 g/mol. The fourth-order valence-corrected chi connectivity index (χ4v) is 4.12. The van der Waals surface area contributed by atoms with E-state index >= 15 is 0 Å². The van der Waals surface area contributed by atoms with Crippen molar-refractivity contribution in [3.8, 4) is 0 Å². The molecule has 2 amide bonds. The number of carbonyl (C=O) groups is 2. The number of amides is 2. The molecule has 1 aromatic heterocycles. The van der Waals surface area contributed by atoms with Gasteiger partial charge in [0, 0.05) is 50.7 Å². The molecule has 0 saturated carbocycles. The zero-order valence-electron chi connectivity index (χ0n) is 14.1. The number of hydrogen-bond donors (Lipinski definition) is 0. The Kier molecular flexibility index (Phi) is 5.73. The molecule has 6 nitrogen and oxygen atoms in total. The van der Waals surface area contributed by atoms with Gasteiger partial charge in [0.25, 0.3) is 5.91 Å². The van der Waals surface area contributed by atoms with E-state index in [9.17, 15) is 9.59 Å². The fraction of sp³-hybridized carbons (Fsp3) is 0.647. The molecule has 1 unspecified atom stereocenters. The first-order valence-corrected chi connectivity index (χ1v) is 9.60. The first kappa shape index (κ1) is 17.2. The zero-order chi connectivity index (χ0) is 16.9. The van der Waals surface area contributed by atoms with Gasteiger partial charge in [-0.2, -0.15) is 11.3 Å². The Morgan fingerprint density at radius 2 is 2.00 bits per heavy atom. The molecule has 0 aromatic carbocycles. The van der Waals surface area contributed by atoms with Crippen molar-refractivity contribution in [1.82, 2.24) is 14.7 Å². The van der Waals surface area contributed by atoms with Gasteiger partial charge in [0.15, 0.2) is 0 Å². The summed E-state index contributed by atoms with van der Waals surface area (Å²) in [6, 6.07) is 2.29. The van der Waals surface area contributed by atoms with E-state index < -0.39 is 0 Å². The van der Waals surface area contributed by atoms with E-state index in [2.05, 4.69) is 4.90 Å². The third-order valence-electron chi connectivity index (χ3n) is 4.81. The summed E-state index contributed by atoms with van der Waals surface area (Å²) >= 11 is 1.56. The van der Waals surface area contributed by atoms with Crippen LogP contribution in [0.15, 0.2) is 16.8 Å². The second kappa shape index (κ2) is 7.98. The topological polar surface area (TPSA) is 53.1 Å². The van der Waals surface area contributed by atoms with Crippen LogP contribution in [0, 0.1) is 0 Å².